The molecule has 0 amide bonds. The van der Waals surface area contributed by atoms with Gasteiger partial charge in [-0.25, -0.2) is 0 Å². The molecule has 0 fully saturated rings. The number of nitrogens with zero attached hydrogens (tertiary/aromatic N) is 2. The van der Waals surface area contributed by atoms with E-state index >= 15 is 0 Å². The van der Waals surface area contributed by atoms with Crippen molar-refractivity contribution >= 4 is 15.9 Å². The van der Waals surface area contributed by atoms with Gasteiger partial charge in [-0.1, -0.05) is 0 Å². The Morgan fingerprint density at radius 3 is 2.55 bits per heavy atom. The number of hydrogen-bond donors (Lipinski definition) is 1. The summed E-state index contributed by atoms with van der Waals surface area (Å²) in [6, 6.07) is 4.01. The number of nitrogens with two attached hydrogens (primary N) is 1. The second-order valence-corrected chi connectivity index (χ2v) is 5.54. The molecule has 5 nitrogen and oxygen atoms in total. The van der Waals surface area contributed by atoms with Crippen molar-refractivity contribution in [2.45, 2.75) is 13.5 Å². The van der Waals surface area contributed by atoms with Crippen LogP contribution < -0.4 is 15.2 Å². The van der Waals surface area contributed by atoms with Crippen LogP contribution in [0.5, 0.6) is 11.5 Å². The third-order valence-electron chi connectivity index (χ3n) is 3.39. The fourth-order valence-corrected chi connectivity index (χ4v) is 3.13. The molecule has 1 aromatic heterocycles. The third-order valence-corrected chi connectivity index (χ3v) is 4.23. The van der Waals surface area contributed by atoms with Crippen LogP contribution in [0.25, 0.3) is 11.3 Å². The monoisotopic (exact) mass is 337 g/mol. The zero-order valence-corrected chi connectivity index (χ0v) is 13.0. The highest BCUT2D eigenvalue weighted by atomic mass is 79.9. The van der Waals surface area contributed by atoms with Gasteiger partial charge in [0.1, 0.15) is 13.2 Å². The quantitative estimate of drug-likeness (QED) is 0.913. The molecule has 0 radical (unpaired) electrons. The van der Waals surface area contributed by atoms with E-state index in [1.807, 2.05) is 23.9 Å². The van der Waals surface area contributed by atoms with Crippen molar-refractivity contribution in [2.75, 3.05) is 13.2 Å². The van der Waals surface area contributed by atoms with Gasteiger partial charge in [0.15, 0.2) is 11.5 Å². The Kier molecular flexibility index (Phi) is 3.43. The zero-order valence-electron chi connectivity index (χ0n) is 11.4. The molecule has 1 aliphatic rings. The molecule has 0 bridgehead atoms. The summed E-state index contributed by atoms with van der Waals surface area (Å²) in [5.41, 5.74) is 9.73. The van der Waals surface area contributed by atoms with Gasteiger partial charge in [-0.3, -0.25) is 4.68 Å². The molecular weight excluding hydrogens is 322 g/mol. The Morgan fingerprint density at radius 2 is 1.95 bits per heavy atom. The summed E-state index contributed by atoms with van der Waals surface area (Å²) >= 11 is 3.59. The van der Waals surface area contributed by atoms with Crippen LogP contribution >= 0.6 is 15.9 Å². The lowest BCUT2D eigenvalue weighted by Crippen LogP contribution is -2.15. The SMILES string of the molecule is Cc1cc2c(cc1-c1c(Br)c(CN)nn1C)OCCO2. The van der Waals surface area contributed by atoms with Gasteiger partial charge in [-0.05, 0) is 40.5 Å². The maximum atomic E-state index is 5.71. The molecule has 1 aliphatic heterocycles. The molecule has 2 heterocycles. The number of benzene rings is 1. The molecule has 106 valence electrons. The molecule has 6 heteroatoms. The number of fused-ring (bicyclic) bond motifs is 1. The topological polar surface area (TPSA) is 62.3 Å². The summed E-state index contributed by atoms with van der Waals surface area (Å²) in [5.74, 6) is 1.58. The van der Waals surface area contributed by atoms with E-state index < -0.39 is 0 Å². The second kappa shape index (κ2) is 5.10. The van der Waals surface area contributed by atoms with E-state index in [9.17, 15) is 0 Å². The Morgan fingerprint density at radius 1 is 1.30 bits per heavy atom. The Labute approximate surface area is 125 Å². The minimum atomic E-state index is 0.401. The smallest absolute Gasteiger partial charge is 0.162 e. The first-order chi connectivity index (χ1) is 9.61. The standard InChI is InChI=1S/C14H16BrN3O2/c1-8-5-11-12(20-4-3-19-11)6-9(8)14-13(15)10(7-16)17-18(14)2/h5-6H,3-4,7,16H2,1-2H3. The van der Waals surface area contributed by atoms with E-state index in [4.69, 9.17) is 15.2 Å². The summed E-state index contributed by atoms with van der Waals surface area (Å²) in [7, 11) is 1.91. The van der Waals surface area contributed by atoms with Crippen LogP contribution in [0.3, 0.4) is 0 Å². The van der Waals surface area contributed by atoms with Gasteiger partial charge >= 0.3 is 0 Å². The molecule has 0 saturated carbocycles. The van der Waals surface area contributed by atoms with E-state index in [0.29, 0.717) is 19.8 Å². The molecule has 2 N–H and O–H groups in total. The Bertz CT molecular complexity index is 667. The number of ether oxygens (including phenoxy) is 2. The van der Waals surface area contributed by atoms with E-state index in [1.54, 1.807) is 0 Å². The van der Waals surface area contributed by atoms with Crippen LogP contribution in [0.2, 0.25) is 0 Å². The Balaban J connectivity index is 2.17. The van der Waals surface area contributed by atoms with Crippen LogP contribution in [-0.2, 0) is 13.6 Å². The van der Waals surface area contributed by atoms with Gasteiger partial charge in [0, 0.05) is 19.2 Å². The van der Waals surface area contributed by atoms with Crippen LogP contribution in [0, 0.1) is 6.92 Å². The normalized spacial score (nSPS) is 13.6. The average molecular weight is 338 g/mol. The van der Waals surface area contributed by atoms with Gasteiger partial charge in [0.05, 0.1) is 15.9 Å². The molecule has 0 aliphatic carbocycles. The summed E-state index contributed by atoms with van der Waals surface area (Å²) in [4.78, 5) is 0. The molecule has 1 aromatic carbocycles. The molecule has 0 unspecified atom stereocenters. The lowest BCUT2D eigenvalue weighted by atomic mass is 10.0. The highest BCUT2D eigenvalue weighted by Crippen LogP contribution is 2.40. The van der Waals surface area contributed by atoms with Gasteiger partial charge in [-0.15, -0.1) is 0 Å². The van der Waals surface area contributed by atoms with Crippen molar-refractivity contribution in [1.29, 1.82) is 0 Å². The Hall–Kier alpha value is -1.53. The minimum absolute atomic E-state index is 0.401. The highest BCUT2D eigenvalue weighted by molar-refractivity contribution is 9.10. The number of rotatable bonds is 2. The van der Waals surface area contributed by atoms with Crippen molar-refractivity contribution < 1.29 is 9.47 Å². The first kappa shape index (κ1) is 13.5. The van der Waals surface area contributed by atoms with Gasteiger partial charge < -0.3 is 15.2 Å². The number of halogens is 1. The van der Waals surface area contributed by atoms with Crippen LogP contribution in [-0.4, -0.2) is 23.0 Å². The largest absolute Gasteiger partial charge is 0.486 e. The molecule has 3 rings (SSSR count). The molecule has 0 saturated heterocycles. The maximum absolute atomic E-state index is 5.71. The van der Waals surface area contributed by atoms with Crippen molar-refractivity contribution in [2.24, 2.45) is 12.8 Å². The van der Waals surface area contributed by atoms with E-state index in [-0.39, 0.29) is 0 Å². The van der Waals surface area contributed by atoms with Gasteiger partial charge in [0.25, 0.3) is 0 Å². The van der Waals surface area contributed by atoms with Crippen molar-refractivity contribution in [3.63, 3.8) is 0 Å². The summed E-state index contributed by atoms with van der Waals surface area (Å²) < 4.78 is 14.0. The fraction of sp³-hybridized carbons (Fsp3) is 0.357. The number of hydrogen-bond acceptors (Lipinski definition) is 4. The first-order valence-corrected chi connectivity index (χ1v) is 7.23. The van der Waals surface area contributed by atoms with Crippen LogP contribution in [0.1, 0.15) is 11.3 Å². The average Bonchev–Trinajstić information content (AvgIpc) is 2.73. The highest BCUT2D eigenvalue weighted by Gasteiger charge is 2.20. The zero-order chi connectivity index (χ0) is 14.3. The number of aryl methyl sites for hydroxylation is 2. The maximum Gasteiger partial charge on any atom is 0.162 e. The van der Waals surface area contributed by atoms with E-state index in [2.05, 4.69) is 28.0 Å². The van der Waals surface area contributed by atoms with E-state index in [0.717, 1.165) is 38.5 Å². The minimum Gasteiger partial charge on any atom is -0.486 e. The molecule has 0 spiro atoms. The summed E-state index contributed by atoms with van der Waals surface area (Å²) in [6.45, 7) is 3.63. The van der Waals surface area contributed by atoms with E-state index in [1.165, 1.54) is 0 Å². The van der Waals surface area contributed by atoms with Crippen molar-refractivity contribution in [3.8, 4) is 22.8 Å². The summed E-state index contributed by atoms with van der Waals surface area (Å²) in [6.07, 6.45) is 0. The molecular formula is C14H16BrN3O2. The lowest BCUT2D eigenvalue weighted by Gasteiger charge is -2.20. The summed E-state index contributed by atoms with van der Waals surface area (Å²) in [5, 5.41) is 4.43. The third kappa shape index (κ3) is 2.09. The first-order valence-electron chi connectivity index (χ1n) is 6.44. The predicted octanol–water partition coefficient (Wildman–Crippen LogP) is 2.39. The van der Waals surface area contributed by atoms with Gasteiger partial charge in [0.2, 0.25) is 0 Å². The lowest BCUT2D eigenvalue weighted by molar-refractivity contribution is 0.171. The molecule has 2 aromatic rings. The second-order valence-electron chi connectivity index (χ2n) is 4.75. The van der Waals surface area contributed by atoms with Crippen molar-refractivity contribution in [1.82, 2.24) is 9.78 Å². The molecule has 0 atom stereocenters. The predicted molar refractivity (Wildman–Crippen MR) is 80.0 cm³/mol. The molecule has 20 heavy (non-hydrogen) atoms. The van der Waals surface area contributed by atoms with Crippen LogP contribution in [0.4, 0.5) is 0 Å². The fourth-order valence-electron chi connectivity index (χ4n) is 2.42. The van der Waals surface area contributed by atoms with Crippen molar-refractivity contribution in [3.05, 3.63) is 27.9 Å². The van der Waals surface area contributed by atoms with Crippen LogP contribution in [0.15, 0.2) is 16.6 Å². The number of aromatic nitrogens is 2. The van der Waals surface area contributed by atoms with Gasteiger partial charge in [-0.2, -0.15) is 5.10 Å².